The average Bonchev–Trinajstić information content (AvgIpc) is 3.58. The van der Waals surface area contributed by atoms with E-state index >= 15 is 0 Å². The van der Waals surface area contributed by atoms with E-state index in [4.69, 9.17) is 14.9 Å². The molecule has 0 spiro atoms. The summed E-state index contributed by atoms with van der Waals surface area (Å²) in [5.41, 5.74) is 7.51. The van der Waals surface area contributed by atoms with Gasteiger partial charge in [-0.1, -0.05) is 75.7 Å². The van der Waals surface area contributed by atoms with Crippen molar-refractivity contribution < 1.29 is 135 Å². The second kappa shape index (κ2) is 41.2. The Kier molecular flexibility index (Phi) is 53.7. The van der Waals surface area contributed by atoms with Gasteiger partial charge in [0.2, 0.25) is 0 Å². The van der Waals surface area contributed by atoms with Crippen LogP contribution in [0.4, 0.5) is 0 Å². The summed E-state index contributed by atoms with van der Waals surface area (Å²) in [4.78, 5) is 44.9. The van der Waals surface area contributed by atoms with Gasteiger partial charge in [-0.05, 0) is 31.1 Å². The Morgan fingerprint density at radius 1 is 0.727 bits per heavy atom. The van der Waals surface area contributed by atoms with E-state index in [-0.39, 0.29) is 79.6 Å². The molecule has 4 unspecified atom stereocenters. The number of nitrogens with one attached hydrogen (secondary N) is 1. The number of aliphatic hydroxyl groups excluding tert-OH is 6. The molecule has 0 bridgehead atoms. The van der Waals surface area contributed by atoms with Crippen molar-refractivity contribution in [2.75, 3.05) is 19.6 Å². The molecular formula is C35H72Cl2N3NaO14. The Morgan fingerprint density at radius 2 is 1.05 bits per heavy atom. The van der Waals surface area contributed by atoms with Gasteiger partial charge < -0.3 is 87.2 Å². The Morgan fingerprint density at radius 3 is 1.35 bits per heavy atom. The summed E-state index contributed by atoms with van der Waals surface area (Å²) < 4.78 is 16.5. The first kappa shape index (κ1) is 71.7. The maximum atomic E-state index is 11.9. The van der Waals surface area contributed by atoms with Gasteiger partial charge in [-0.3, -0.25) is 9.59 Å². The summed E-state index contributed by atoms with van der Waals surface area (Å²) in [6.07, 6.45) is -7.72. The van der Waals surface area contributed by atoms with E-state index in [1.807, 2.05) is 27.7 Å². The van der Waals surface area contributed by atoms with Crippen molar-refractivity contribution in [2.24, 2.45) is 23.7 Å². The minimum atomic E-state index is -1.94. The molecule has 55 heavy (non-hydrogen) atoms. The van der Waals surface area contributed by atoms with Crippen molar-refractivity contribution in [3.05, 3.63) is 6.65 Å². The van der Waals surface area contributed by atoms with E-state index in [0.717, 1.165) is 37.8 Å². The number of quaternary nitrogens is 2. The number of Topliss-reactive ketones (excluding diaryl/α,β-unsaturated/α-hetero) is 1. The maximum absolute atomic E-state index is 11.9. The van der Waals surface area contributed by atoms with Crippen LogP contribution < -0.4 is 71.2 Å². The smallest absolute Gasteiger partial charge is 1.00 e. The van der Waals surface area contributed by atoms with Gasteiger partial charge in [0.25, 0.3) is 5.91 Å². The third-order valence-electron chi connectivity index (χ3n) is 8.81. The van der Waals surface area contributed by atoms with E-state index in [2.05, 4.69) is 60.6 Å². The summed E-state index contributed by atoms with van der Waals surface area (Å²) >= 11 is 0. The quantitative estimate of drug-likeness (QED) is 0.0302. The molecule has 0 radical (unpaired) electrons. The van der Waals surface area contributed by atoms with Gasteiger partial charge >= 0.3 is 52.8 Å². The number of hydrogen-bond donors (Lipinski definition) is 9. The number of halogens is 2. The zero-order chi connectivity index (χ0) is 39.7. The fraction of sp³-hybridized carbons (Fsp3) is 0.857. The second-order valence-electron chi connectivity index (χ2n) is 12.9. The van der Waals surface area contributed by atoms with Crippen LogP contribution in [0.1, 0.15) is 101 Å². The summed E-state index contributed by atoms with van der Waals surface area (Å²) in [6.45, 7) is 23.6. The van der Waals surface area contributed by atoms with E-state index in [1.165, 1.54) is 12.8 Å². The Labute approximate surface area is 362 Å². The molecule has 1 amide bonds. The van der Waals surface area contributed by atoms with Crippen LogP contribution in [-0.4, -0.2) is 128 Å². The SMILES string of the molecule is C.CCC(C)CCC(=O)[C@@H](O)[C@@H](O)[C@H](O)[C@@H](O)C(=O)NCC(C)CC.CCC(C)C[NH3+].CCC(C)C[NH3+].O=C1O[C@H]2[C@H](OC(=O)[C@@H]2O)[C@@H]1O.[C-]#[O+].[Cl-].[Cl-].[Na+].[OH-]. The monoisotopic (exact) mass is 851 g/mol. The molecule has 20 heteroatoms. The Hall–Kier alpha value is -0.960. The van der Waals surface area contributed by atoms with Gasteiger partial charge in [-0.2, -0.15) is 0 Å². The number of ether oxygens (including phenoxy) is 2. The zero-order valence-corrected chi connectivity index (χ0v) is 37.0. The molecule has 2 rings (SSSR count). The van der Waals surface area contributed by atoms with E-state index in [0.29, 0.717) is 18.9 Å². The minimum Gasteiger partial charge on any atom is -1.00 e. The molecule has 2 aliphatic heterocycles. The number of aliphatic hydroxyl groups is 6. The molecule has 0 aromatic rings. The summed E-state index contributed by atoms with van der Waals surface area (Å²) in [7, 11) is 0. The topological polar surface area (TPSA) is 325 Å². The largest absolute Gasteiger partial charge is 1.00 e. The van der Waals surface area contributed by atoms with Crippen molar-refractivity contribution in [3.8, 4) is 0 Å². The molecule has 2 fully saturated rings. The average molecular weight is 853 g/mol. The molecule has 12 atom stereocenters. The molecule has 0 aromatic heterocycles. The first-order valence-electron chi connectivity index (χ1n) is 17.5. The Balaban J connectivity index is -0.0000000993. The number of ketones is 1. The van der Waals surface area contributed by atoms with Crippen LogP contribution >= 0.6 is 0 Å². The normalized spacial score (nSPS) is 21.4. The summed E-state index contributed by atoms with van der Waals surface area (Å²) in [5.74, 6) is -1.03. The van der Waals surface area contributed by atoms with Gasteiger partial charge in [0, 0.05) is 24.8 Å². The fourth-order valence-corrected chi connectivity index (χ4v) is 3.69. The van der Waals surface area contributed by atoms with E-state index < -0.39 is 72.5 Å². The first-order valence-corrected chi connectivity index (χ1v) is 17.5. The third kappa shape index (κ3) is 29.0. The van der Waals surface area contributed by atoms with Crippen LogP contribution in [0.15, 0.2) is 0 Å². The predicted octanol–water partition coefficient (Wildman–Crippen LogP) is -10.5. The van der Waals surface area contributed by atoms with Crippen LogP contribution in [0.3, 0.4) is 0 Å². The van der Waals surface area contributed by atoms with Gasteiger partial charge in [-0.25, -0.2) is 9.59 Å². The number of rotatable bonds is 16. The van der Waals surface area contributed by atoms with Crippen molar-refractivity contribution in [1.82, 2.24) is 5.32 Å². The molecular weight excluding hydrogens is 780 g/mol. The molecule has 0 saturated carbocycles. The first-order chi connectivity index (χ1) is 23.4. The minimum absolute atomic E-state index is 0. The molecule has 326 valence electrons. The zero-order valence-electron chi connectivity index (χ0n) is 33.5. The molecule has 0 aromatic carbocycles. The molecule has 14 N–H and O–H groups in total. The van der Waals surface area contributed by atoms with Crippen molar-refractivity contribution in [1.29, 1.82) is 0 Å². The number of hydrogen-bond acceptors (Lipinski definition) is 13. The number of amides is 1. The van der Waals surface area contributed by atoms with Crippen molar-refractivity contribution >= 4 is 23.6 Å². The van der Waals surface area contributed by atoms with E-state index in [1.54, 1.807) is 0 Å². The second-order valence-corrected chi connectivity index (χ2v) is 12.9. The van der Waals surface area contributed by atoms with Gasteiger partial charge in [0.1, 0.15) is 18.3 Å². The van der Waals surface area contributed by atoms with Crippen LogP contribution in [0.2, 0.25) is 0 Å². The molecule has 2 heterocycles. The summed E-state index contributed by atoms with van der Waals surface area (Å²) in [6, 6.07) is 0. The molecule has 17 nitrogen and oxygen atoms in total. The standard InChI is InChI=1S/C17H33NO6.C6H6O6.2C5H13N.CO.CH4.2ClH.Na.H2O/c1-5-10(3)7-8-12(19)13(20)14(21)15(22)16(23)17(24)18-9-11(4)6-2;7-1-3-4(12-5(1)9)2(8)6(10)11-3;2*1-3-5(2)4-6;1-2;;;;;/h10-11,13-16,20-23H,5-9H2,1-4H3,(H,18,24);1-4,7-8H;2*5H,3-4,6H2,1-2H3;;1H4;2*1H;;1H2/q;;;;;;;;+1;/p-1/t10?,11?,13-,14-,15+,16-;1-,2+,3-,4-;;;;;;;;/m11......../s1. The predicted molar refractivity (Wildman–Crippen MR) is 189 cm³/mol. The van der Waals surface area contributed by atoms with Gasteiger partial charge in [0.15, 0.2) is 36.3 Å². The van der Waals surface area contributed by atoms with Crippen molar-refractivity contribution in [3.63, 3.8) is 0 Å². The van der Waals surface area contributed by atoms with Crippen molar-refractivity contribution in [2.45, 2.75) is 150 Å². The fourth-order valence-electron chi connectivity index (χ4n) is 3.69. The van der Waals surface area contributed by atoms with Gasteiger partial charge in [0.05, 0.1) is 13.1 Å². The van der Waals surface area contributed by atoms with Gasteiger partial charge in [-0.15, -0.1) is 0 Å². The third-order valence-corrected chi connectivity index (χ3v) is 8.81. The molecule has 0 aliphatic carbocycles. The maximum Gasteiger partial charge on any atom is 1.00 e. The van der Waals surface area contributed by atoms with Crippen LogP contribution in [0.25, 0.3) is 0 Å². The van der Waals surface area contributed by atoms with E-state index in [9.17, 15) is 39.6 Å². The number of esters is 2. The summed E-state index contributed by atoms with van der Waals surface area (Å²) in [5, 5.41) is 59.9. The number of carbonyl (C=O) groups is 4. The number of fused-ring (bicyclic) bond motifs is 1. The van der Waals surface area contributed by atoms with Crippen LogP contribution in [0.5, 0.6) is 0 Å². The van der Waals surface area contributed by atoms with Crippen LogP contribution in [0, 0.1) is 30.3 Å². The Bertz CT molecular complexity index is 912. The molecule has 2 saturated heterocycles. The van der Waals surface area contributed by atoms with Crippen LogP contribution in [-0.2, 0) is 33.3 Å². The molecule has 2 aliphatic rings. The number of carbonyl (C=O) groups excluding carboxylic acids is 4.